The first kappa shape index (κ1) is 23.9. The molecule has 0 aliphatic rings. The lowest BCUT2D eigenvalue weighted by Crippen LogP contribution is -2.22. The third-order valence-electron chi connectivity index (χ3n) is 5.27. The quantitative estimate of drug-likeness (QED) is 0.407. The second kappa shape index (κ2) is 9.16. The van der Waals surface area contributed by atoms with E-state index in [4.69, 9.17) is 9.72 Å². The van der Waals surface area contributed by atoms with Crippen LogP contribution in [0.2, 0.25) is 0 Å². The molecular weight excluding hydrogens is 474 g/mol. The third-order valence-corrected chi connectivity index (χ3v) is 7.98. The lowest BCUT2D eigenvalue weighted by molar-refractivity contribution is 0.102. The van der Waals surface area contributed by atoms with Crippen molar-refractivity contribution in [2.24, 2.45) is 0 Å². The number of carbonyl (C=O) groups excluding carboxylic acids is 1. The van der Waals surface area contributed by atoms with Crippen LogP contribution < -0.4 is 10.1 Å². The number of nitrogens with one attached hydrogen (secondary N) is 1. The predicted octanol–water partition coefficient (Wildman–Crippen LogP) is 4.25. The van der Waals surface area contributed by atoms with Crippen LogP contribution >= 0.6 is 11.3 Å². The van der Waals surface area contributed by atoms with Gasteiger partial charge in [0, 0.05) is 20.1 Å². The molecule has 0 radical (unpaired) electrons. The number of nitrogens with zero attached hydrogens (tertiary/aromatic N) is 4. The molecule has 9 nitrogen and oxygen atoms in total. The SMILES string of the molecule is COc1ccc(S(=O)(=O)N(C)C)cc1NC(=O)c1cc(-c2cccs2)nc2c1cnn2C(C)C. The number of fused-ring (bicyclic) bond motifs is 1. The summed E-state index contributed by atoms with van der Waals surface area (Å²) >= 11 is 1.52. The fourth-order valence-electron chi connectivity index (χ4n) is 3.48. The van der Waals surface area contributed by atoms with E-state index < -0.39 is 15.9 Å². The van der Waals surface area contributed by atoms with Gasteiger partial charge in [0.2, 0.25) is 10.0 Å². The van der Waals surface area contributed by atoms with E-state index in [0.29, 0.717) is 28.0 Å². The minimum absolute atomic E-state index is 0.0420. The number of hydrogen-bond acceptors (Lipinski definition) is 7. The number of anilines is 1. The van der Waals surface area contributed by atoms with E-state index in [0.717, 1.165) is 9.18 Å². The van der Waals surface area contributed by atoms with E-state index in [-0.39, 0.29) is 16.6 Å². The Morgan fingerprint density at radius 2 is 1.97 bits per heavy atom. The number of rotatable bonds is 7. The fraction of sp³-hybridized carbons (Fsp3) is 0.261. The number of sulfonamides is 1. The van der Waals surface area contributed by atoms with E-state index in [1.165, 1.54) is 50.7 Å². The molecule has 0 saturated carbocycles. The molecule has 4 rings (SSSR count). The van der Waals surface area contributed by atoms with Crippen LogP contribution in [0, 0.1) is 0 Å². The number of thiophene rings is 1. The average molecular weight is 500 g/mol. The van der Waals surface area contributed by atoms with Gasteiger partial charge in [-0.3, -0.25) is 4.79 Å². The predicted molar refractivity (Wildman–Crippen MR) is 133 cm³/mol. The Labute approximate surface area is 202 Å². The number of carbonyl (C=O) groups is 1. The van der Waals surface area contributed by atoms with Crippen LogP contribution in [0.25, 0.3) is 21.6 Å². The van der Waals surface area contributed by atoms with Gasteiger partial charge in [0.05, 0.1) is 45.4 Å². The average Bonchev–Trinajstić information content (AvgIpc) is 3.48. The molecule has 1 N–H and O–H groups in total. The first-order chi connectivity index (χ1) is 16.1. The summed E-state index contributed by atoms with van der Waals surface area (Å²) in [4.78, 5) is 19.2. The molecule has 3 aromatic heterocycles. The van der Waals surface area contributed by atoms with Crippen molar-refractivity contribution in [2.45, 2.75) is 24.8 Å². The molecule has 11 heteroatoms. The van der Waals surface area contributed by atoms with Crippen LogP contribution in [-0.4, -0.2) is 54.6 Å². The Morgan fingerprint density at radius 3 is 2.59 bits per heavy atom. The Hall–Kier alpha value is -3.28. The number of methoxy groups -OCH3 is 1. The van der Waals surface area contributed by atoms with Gasteiger partial charge < -0.3 is 10.1 Å². The van der Waals surface area contributed by atoms with E-state index in [1.807, 2.05) is 31.4 Å². The molecule has 0 aliphatic heterocycles. The molecule has 0 spiro atoms. The third kappa shape index (κ3) is 4.29. The largest absolute Gasteiger partial charge is 0.495 e. The van der Waals surface area contributed by atoms with Gasteiger partial charge in [-0.25, -0.2) is 22.4 Å². The fourth-order valence-corrected chi connectivity index (χ4v) is 5.09. The highest BCUT2D eigenvalue weighted by molar-refractivity contribution is 7.89. The molecule has 3 heterocycles. The number of hydrogen-bond donors (Lipinski definition) is 1. The molecule has 1 amide bonds. The van der Waals surface area contributed by atoms with Gasteiger partial charge in [0.15, 0.2) is 5.65 Å². The summed E-state index contributed by atoms with van der Waals surface area (Å²) in [5.41, 5.74) is 1.88. The second-order valence-corrected chi connectivity index (χ2v) is 11.2. The maximum absolute atomic E-state index is 13.5. The van der Waals surface area contributed by atoms with Crippen LogP contribution in [0.1, 0.15) is 30.2 Å². The Morgan fingerprint density at radius 1 is 1.21 bits per heavy atom. The van der Waals surface area contributed by atoms with Crippen molar-refractivity contribution in [1.82, 2.24) is 19.1 Å². The lowest BCUT2D eigenvalue weighted by Gasteiger charge is -2.15. The Balaban J connectivity index is 1.82. The van der Waals surface area contributed by atoms with E-state index in [1.54, 1.807) is 16.9 Å². The molecule has 0 saturated heterocycles. The van der Waals surface area contributed by atoms with Gasteiger partial charge in [-0.15, -0.1) is 11.3 Å². The van der Waals surface area contributed by atoms with Crippen LogP contribution in [0.15, 0.2) is 52.9 Å². The zero-order chi connectivity index (χ0) is 24.6. The summed E-state index contributed by atoms with van der Waals surface area (Å²) < 4.78 is 33.5. The van der Waals surface area contributed by atoms with Crippen LogP contribution in [0.5, 0.6) is 5.75 Å². The van der Waals surface area contributed by atoms with Crippen molar-refractivity contribution in [3.05, 3.63) is 53.5 Å². The number of amides is 1. The summed E-state index contributed by atoms with van der Waals surface area (Å²) in [6.45, 7) is 3.99. The molecule has 34 heavy (non-hydrogen) atoms. The lowest BCUT2D eigenvalue weighted by atomic mass is 10.1. The molecule has 0 fully saturated rings. The summed E-state index contributed by atoms with van der Waals surface area (Å²) in [6.07, 6.45) is 1.62. The van der Waals surface area contributed by atoms with Crippen molar-refractivity contribution in [2.75, 3.05) is 26.5 Å². The van der Waals surface area contributed by atoms with Crippen molar-refractivity contribution >= 4 is 44.0 Å². The highest BCUT2D eigenvalue weighted by Gasteiger charge is 2.22. The normalized spacial score (nSPS) is 12.0. The molecule has 1 aromatic carbocycles. The second-order valence-electron chi connectivity index (χ2n) is 8.06. The molecule has 0 aliphatic carbocycles. The van der Waals surface area contributed by atoms with Crippen molar-refractivity contribution in [3.63, 3.8) is 0 Å². The van der Waals surface area contributed by atoms with Gasteiger partial charge in [-0.1, -0.05) is 6.07 Å². The highest BCUT2D eigenvalue weighted by atomic mass is 32.2. The van der Waals surface area contributed by atoms with Crippen molar-refractivity contribution in [1.29, 1.82) is 0 Å². The van der Waals surface area contributed by atoms with Crippen LogP contribution in [0.4, 0.5) is 5.69 Å². The Kier molecular flexibility index (Phi) is 6.43. The van der Waals surface area contributed by atoms with Gasteiger partial charge in [-0.2, -0.15) is 5.10 Å². The first-order valence-electron chi connectivity index (χ1n) is 10.5. The smallest absolute Gasteiger partial charge is 0.256 e. The number of ether oxygens (including phenoxy) is 1. The van der Waals surface area contributed by atoms with E-state index in [2.05, 4.69) is 10.4 Å². The van der Waals surface area contributed by atoms with E-state index >= 15 is 0 Å². The summed E-state index contributed by atoms with van der Waals surface area (Å²) in [7, 11) is 0.655. The number of benzene rings is 1. The van der Waals surface area contributed by atoms with Crippen molar-refractivity contribution < 1.29 is 17.9 Å². The zero-order valence-electron chi connectivity index (χ0n) is 19.4. The monoisotopic (exact) mass is 499 g/mol. The highest BCUT2D eigenvalue weighted by Crippen LogP contribution is 2.32. The molecular formula is C23H25N5O4S2. The van der Waals surface area contributed by atoms with Gasteiger partial charge >= 0.3 is 0 Å². The maximum Gasteiger partial charge on any atom is 0.256 e. The molecule has 0 unspecified atom stereocenters. The zero-order valence-corrected chi connectivity index (χ0v) is 21.1. The molecule has 4 aromatic rings. The summed E-state index contributed by atoms with van der Waals surface area (Å²) in [6, 6.07) is 9.98. The van der Waals surface area contributed by atoms with E-state index in [9.17, 15) is 13.2 Å². The first-order valence-corrected chi connectivity index (χ1v) is 12.8. The molecule has 178 valence electrons. The van der Waals surface area contributed by atoms with Gasteiger partial charge in [0.25, 0.3) is 5.91 Å². The molecule has 0 atom stereocenters. The number of aromatic nitrogens is 3. The van der Waals surface area contributed by atoms with Gasteiger partial charge in [0.1, 0.15) is 5.75 Å². The standard InChI is InChI=1S/C23H25N5O4S2/c1-14(2)28-22-17(13-24-28)16(12-19(25-22)21-7-6-10-33-21)23(29)26-18-11-15(8-9-20(18)32-5)34(30,31)27(3)4/h6-14H,1-5H3,(H,26,29). The summed E-state index contributed by atoms with van der Waals surface area (Å²) in [5.74, 6) is -0.0843. The van der Waals surface area contributed by atoms with Crippen LogP contribution in [0.3, 0.4) is 0 Å². The van der Waals surface area contributed by atoms with Gasteiger partial charge in [-0.05, 0) is 49.6 Å². The molecule has 0 bridgehead atoms. The minimum Gasteiger partial charge on any atom is -0.495 e. The minimum atomic E-state index is -3.70. The Bertz CT molecular complexity index is 1460. The maximum atomic E-state index is 13.5. The van der Waals surface area contributed by atoms with Crippen molar-refractivity contribution in [3.8, 4) is 16.3 Å². The van der Waals surface area contributed by atoms with Crippen LogP contribution in [-0.2, 0) is 10.0 Å². The summed E-state index contributed by atoms with van der Waals surface area (Å²) in [5, 5.41) is 9.81. The topological polar surface area (TPSA) is 106 Å². The number of pyridine rings is 1.